The minimum atomic E-state index is -0.865. The molecule has 3 nitrogen and oxygen atoms in total. The number of nitrogens with zero attached hydrogens (tertiary/aromatic N) is 1. The van der Waals surface area contributed by atoms with Gasteiger partial charge in [0.2, 0.25) is 0 Å². The second-order valence-corrected chi connectivity index (χ2v) is 6.65. The molecule has 0 bridgehead atoms. The van der Waals surface area contributed by atoms with E-state index in [9.17, 15) is 9.90 Å². The van der Waals surface area contributed by atoms with E-state index in [1.165, 1.54) is 5.56 Å². The minimum Gasteiger partial charge on any atom is -0.478 e. The van der Waals surface area contributed by atoms with Crippen molar-refractivity contribution in [3.8, 4) is 0 Å². The third-order valence-electron chi connectivity index (χ3n) is 4.20. The zero-order chi connectivity index (χ0) is 17.1. The third-order valence-corrected chi connectivity index (χ3v) is 4.94. The molecule has 6 heteroatoms. The van der Waals surface area contributed by atoms with E-state index in [0.29, 0.717) is 28.6 Å². The van der Waals surface area contributed by atoms with Gasteiger partial charge < -0.3 is 5.11 Å². The van der Waals surface area contributed by atoms with Gasteiger partial charge in [-0.25, -0.2) is 4.79 Å². The normalized spacial score (nSPS) is 15.0. The van der Waals surface area contributed by atoms with Gasteiger partial charge in [0.25, 0.3) is 0 Å². The lowest BCUT2D eigenvalue weighted by Gasteiger charge is -2.30. The summed E-state index contributed by atoms with van der Waals surface area (Å²) in [5.74, 6) is -0.865. The Morgan fingerprint density at radius 1 is 1.08 bits per heavy atom. The lowest BCUT2D eigenvalue weighted by atomic mass is 9.93. The van der Waals surface area contributed by atoms with Crippen molar-refractivity contribution in [1.82, 2.24) is 4.90 Å². The minimum absolute atomic E-state index is 0. The van der Waals surface area contributed by atoms with Crippen LogP contribution in [0.25, 0.3) is 5.57 Å². The molecule has 25 heavy (non-hydrogen) atoms. The molecule has 0 radical (unpaired) electrons. The van der Waals surface area contributed by atoms with Crippen LogP contribution in [0.15, 0.2) is 54.1 Å². The standard InChI is InChI=1S/C19H17Cl2NO2.ClH/c20-17-7-6-14(10-18(17)21)16-12-22(9-8-15(16)19(23)24)11-13-4-2-1-3-5-13;/h1-7,10H,8-9,11-12H2,(H,23,24);1H. The highest BCUT2D eigenvalue weighted by molar-refractivity contribution is 6.42. The first-order valence-electron chi connectivity index (χ1n) is 7.71. The van der Waals surface area contributed by atoms with Gasteiger partial charge in [-0.15, -0.1) is 12.4 Å². The number of carbonyl (C=O) groups is 1. The highest BCUT2D eigenvalue weighted by Crippen LogP contribution is 2.31. The van der Waals surface area contributed by atoms with Crippen LogP contribution in [0.5, 0.6) is 0 Å². The van der Waals surface area contributed by atoms with Crippen LogP contribution in [-0.2, 0) is 11.3 Å². The Kier molecular flexibility index (Phi) is 6.91. The summed E-state index contributed by atoms with van der Waals surface area (Å²) < 4.78 is 0. The molecule has 0 saturated carbocycles. The largest absolute Gasteiger partial charge is 0.478 e. The van der Waals surface area contributed by atoms with Crippen LogP contribution in [0.2, 0.25) is 10.0 Å². The molecule has 0 unspecified atom stereocenters. The van der Waals surface area contributed by atoms with E-state index < -0.39 is 5.97 Å². The fourth-order valence-corrected chi connectivity index (χ4v) is 3.28. The molecule has 2 aromatic carbocycles. The van der Waals surface area contributed by atoms with Crippen molar-refractivity contribution in [2.75, 3.05) is 13.1 Å². The van der Waals surface area contributed by atoms with E-state index >= 15 is 0 Å². The van der Waals surface area contributed by atoms with Crippen LogP contribution < -0.4 is 0 Å². The molecule has 1 N–H and O–H groups in total. The highest BCUT2D eigenvalue weighted by atomic mass is 35.5. The predicted molar refractivity (Wildman–Crippen MR) is 105 cm³/mol. The van der Waals surface area contributed by atoms with Crippen molar-refractivity contribution in [3.05, 3.63) is 75.3 Å². The number of hydrogen-bond donors (Lipinski definition) is 1. The summed E-state index contributed by atoms with van der Waals surface area (Å²) in [6.45, 7) is 2.09. The second-order valence-electron chi connectivity index (χ2n) is 5.84. The predicted octanol–water partition coefficient (Wildman–Crippen LogP) is 5.16. The van der Waals surface area contributed by atoms with Crippen LogP contribution in [0.1, 0.15) is 17.5 Å². The Hall–Kier alpha value is -1.52. The molecule has 0 aliphatic carbocycles. The topological polar surface area (TPSA) is 40.5 Å². The first-order valence-corrected chi connectivity index (χ1v) is 8.47. The Morgan fingerprint density at radius 2 is 1.80 bits per heavy atom. The number of carboxylic acid groups (broad SMARTS) is 1. The maximum Gasteiger partial charge on any atom is 0.331 e. The fraction of sp³-hybridized carbons (Fsp3) is 0.211. The van der Waals surface area contributed by atoms with Gasteiger partial charge in [-0.1, -0.05) is 59.6 Å². The molecule has 0 saturated heterocycles. The number of benzene rings is 2. The Labute approximate surface area is 163 Å². The first kappa shape index (κ1) is 19.8. The summed E-state index contributed by atoms with van der Waals surface area (Å²) >= 11 is 12.1. The average molecular weight is 399 g/mol. The Morgan fingerprint density at radius 3 is 2.44 bits per heavy atom. The molecule has 1 aliphatic rings. The summed E-state index contributed by atoms with van der Waals surface area (Å²) in [7, 11) is 0. The molecule has 1 heterocycles. The van der Waals surface area contributed by atoms with Gasteiger partial charge in [-0.05, 0) is 35.3 Å². The molecule has 0 aromatic heterocycles. The molecule has 0 atom stereocenters. The van der Waals surface area contributed by atoms with E-state index in [1.54, 1.807) is 12.1 Å². The lowest BCUT2D eigenvalue weighted by Crippen LogP contribution is -2.32. The molecular formula is C19H18Cl3NO2. The smallest absolute Gasteiger partial charge is 0.331 e. The van der Waals surface area contributed by atoms with Crippen molar-refractivity contribution >= 4 is 47.2 Å². The van der Waals surface area contributed by atoms with Gasteiger partial charge in [0, 0.05) is 25.2 Å². The number of carboxylic acids is 1. The number of aliphatic carboxylic acids is 1. The third kappa shape index (κ3) is 4.77. The number of hydrogen-bond acceptors (Lipinski definition) is 2. The average Bonchev–Trinajstić information content (AvgIpc) is 2.58. The summed E-state index contributed by atoms with van der Waals surface area (Å²) in [4.78, 5) is 13.9. The van der Waals surface area contributed by atoms with Gasteiger partial charge in [-0.2, -0.15) is 0 Å². The van der Waals surface area contributed by atoms with Crippen molar-refractivity contribution in [2.24, 2.45) is 0 Å². The SMILES string of the molecule is Cl.O=C(O)C1=C(c2ccc(Cl)c(Cl)c2)CN(Cc2ccccc2)CC1. The van der Waals surface area contributed by atoms with Crippen LogP contribution in [0, 0.1) is 0 Å². The maximum atomic E-state index is 11.6. The van der Waals surface area contributed by atoms with Crippen molar-refractivity contribution < 1.29 is 9.90 Å². The van der Waals surface area contributed by atoms with Gasteiger partial charge in [0.1, 0.15) is 0 Å². The quantitative estimate of drug-likeness (QED) is 0.773. The molecule has 0 amide bonds. The van der Waals surface area contributed by atoms with E-state index in [1.807, 2.05) is 24.3 Å². The van der Waals surface area contributed by atoms with Crippen molar-refractivity contribution in [2.45, 2.75) is 13.0 Å². The van der Waals surface area contributed by atoms with Gasteiger partial charge in [0.15, 0.2) is 0 Å². The van der Waals surface area contributed by atoms with Crippen molar-refractivity contribution in [3.63, 3.8) is 0 Å². The fourth-order valence-electron chi connectivity index (χ4n) is 2.98. The van der Waals surface area contributed by atoms with Crippen LogP contribution in [0.3, 0.4) is 0 Å². The van der Waals surface area contributed by atoms with E-state index in [4.69, 9.17) is 23.2 Å². The molecule has 2 aromatic rings. The van der Waals surface area contributed by atoms with Gasteiger partial charge >= 0.3 is 5.97 Å². The van der Waals surface area contributed by atoms with E-state index in [2.05, 4.69) is 17.0 Å². The zero-order valence-electron chi connectivity index (χ0n) is 13.4. The molecule has 3 rings (SSSR count). The summed E-state index contributed by atoms with van der Waals surface area (Å²) in [5, 5.41) is 10.4. The van der Waals surface area contributed by atoms with Crippen molar-refractivity contribution in [1.29, 1.82) is 0 Å². The van der Waals surface area contributed by atoms with Gasteiger partial charge in [-0.3, -0.25) is 4.90 Å². The second kappa shape index (κ2) is 8.72. The number of rotatable bonds is 4. The molecule has 0 fully saturated rings. The lowest BCUT2D eigenvalue weighted by molar-refractivity contribution is -0.132. The summed E-state index contributed by atoms with van der Waals surface area (Å²) in [6.07, 6.45) is 0.512. The molecular weight excluding hydrogens is 381 g/mol. The Balaban J connectivity index is 0.00000225. The monoisotopic (exact) mass is 397 g/mol. The van der Waals surface area contributed by atoms with Crippen LogP contribution in [-0.4, -0.2) is 29.1 Å². The number of halogens is 3. The van der Waals surface area contributed by atoms with Crippen LogP contribution in [0.4, 0.5) is 0 Å². The molecule has 1 aliphatic heterocycles. The van der Waals surface area contributed by atoms with Gasteiger partial charge in [0.05, 0.1) is 10.0 Å². The van der Waals surface area contributed by atoms with Crippen LogP contribution >= 0.6 is 35.6 Å². The first-order chi connectivity index (χ1) is 11.5. The van der Waals surface area contributed by atoms with E-state index in [-0.39, 0.29) is 12.4 Å². The summed E-state index contributed by atoms with van der Waals surface area (Å²) in [6, 6.07) is 15.5. The molecule has 132 valence electrons. The van der Waals surface area contributed by atoms with E-state index in [0.717, 1.165) is 24.2 Å². The molecule has 0 spiro atoms. The maximum absolute atomic E-state index is 11.6. The highest BCUT2D eigenvalue weighted by Gasteiger charge is 2.24. The Bertz CT molecular complexity index is 791. The summed E-state index contributed by atoms with van der Waals surface area (Å²) in [5.41, 5.74) is 3.30. The zero-order valence-corrected chi connectivity index (χ0v) is 15.7.